The predicted molar refractivity (Wildman–Crippen MR) is 91.5 cm³/mol. The van der Waals surface area contributed by atoms with Gasteiger partial charge in [0.2, 0.25) is 0 Å². The molecule has 4 heteroatoms. The highest BCUT2D eigenvalue weighted by molar-refractivity contribution is 9.10. The molecule has 1 heterocycles. The monoisotopic (exact) mass is 356 g/mol. The van der Waals surface area contributed by atoms with E-state index in [1.807, 2.05) is 13.0 Å². The van der Waals surface area contributed by atoms with E-state index in [4.69, 9.17) is 0 Å². The zero-order valence-corrected chi connectivity index (χ0v) is 15.2. The van der Waals surface area contributed by atoms with Gasteiger partial charge in [0.1, 0.15) is 5.82 Å². The third kappa shape index (κ3) is 3.42. The molecule has 1 saturated heterocycles. The van der Waals surface area contributed by atoms with Crippen molar-refractivity contribution >= 4 is 21.6 Å². The largest absolute Gasteiger partial charge is 0.365 e. The fourth-order valence-electron chi connectivity index (χ4n) is 3.05. The number of hydrogen-bond donors (Lipinski definition) is 1. The lowest BCUT2D eigenvalue weighted by Crippen LogP contribution is -2.64. The number of benzene rings is 1. The minimum Gasteiger partial charge on any atom is -0.365 e. The molecule has 118 valence electrons. The van der Waals surface area contributed by atoms with Gasteiger partial charge in [-0.3, -0.25) is 0 Å². The second kappa shape index (κ2) is 6.25. The van der Waals surface area contributed by atoms with Gasteiger partial charge >= 0.3 is 0 Å². The van der Waals surface area contributed by atoms with Crippen LogP contribution >= 0.6 is 15.9 Å². The average Bonchev–Trinajstić information content (AvgIpc) is 2.42. The summed E-state index contributed by atoms with van der Waals surface area (Å²) >= 11 is 3.33. The van der Waals surface area contributed by atoms with Gasteiger partial charge in [-0.1, -0.05) is 20.8 Å². The highest BCUT2D eigenvalue weighted by Crippen LogP contribution is 2.33. The van der Waals surface area contributed by atoms with Crippen LogP contribution in [0.3, 0.4) is 0 Å². The third-order valence-corrected chi connectivity index (χ3v) is 5.36. The molecule has 0 amide bonds. The molecule has 0 bridgehead atoms. The topological polar surface area (TPSA) is 15.3 Å². The van der Waals surface area contributed by atoms with Crippen LogP contribution in [0.5, 0.6) is 0 Å². The zero-order chi connectivity index (χ0) is 15.8. The maximum atomic E-state index is 13.7. The highest BCUT2D eigenvalue weighted by atomic mass is 79.9. The molecule has 0 saturated carbocycles. The Balaban J connectivity index is 2.43. The van der Waals surface area contributed by atoms with Gasteiger partial charge in [0, 0.05) is 30.4 Å². The molecule has 1 N–H and O–H groups in total. The van der Waals surface area contributed by atoms with Crippen LogP contribution in [0.15, 0.2) is 16.6 Å². The van der Waals surface area contributed by atoms with Crippen LogP contribution in [0.4, 0.5) is 10.1 Å². The minimum atomic E-state index is -0.189. The lowest BCUT2D eigenvalue weighted by Gasteiger charge is -2.49. The van der Waals surface area contributed by atoms with Crippen molar-refractivity contribution in [2.75, 3.05) is 18.0 Å². The van der Waals surface area contributed by atoms with Gasteiger partial charge in [0.25, 0.3) is 0 Å². The molecule has 2 unspecified atom stereocenters. The summed E-state index contributed by atoms with van der Waals surface area (Å²) in [5, 5.41) is 3.69. The van der Waals surface area contributed by atoms with Crippen molar-refractivity contribution in [3.05, 3.63) is 28.0 Å². The van der Waals surface area contributed by atoms with Crippen LogP contribution in [0.1, 0.15) is 39.7 Å². The van der Waals surface area contributed by atoms with Crippen LogP contribution in [-0.4, -0.2) is 24.7 Å². The normalized spacial score (nSPS) is 26.5. The van der Waals surface area contributed by atoms with E-state index < -0.39 is 0 Å². The molecule has 1 aromatic rings. The molecule has 2 rings (SSSR count). The number of nitrogens with one attached hydrogen (secondary N) is 1. The smallest absolute Gasteiger partial charge is 0.137 e. The van der Waals surface area contributed by atoms with E-state index in [9.17, 15) is 4.39 Å². The van der Waals surface area contributed by atoms with Gasteiger partial charge in [0.05, 0.1) is 4.47 Å². The van der Waals surface area contributed by atoms with Crippen molar-refractivity contribution < 1.29 is 4.39 Å². The first-order valence-electron chi connectivity index (χ1n) is 7.74. The molecule has 0 aromatic heterocycles. The summed E-state index contributed by atoms with van der Waals surface area (Å²) < 4.78 is 14.3. The molecule has 1 aliphatic rings. The van der Waals surface area contributed by atoms with E-state index in [2.05, 4.69) is 53.8 Å². The van der Waals surface area contributed by atoms with Crippen molar-refractivity contribution in [3.63, 3.8) is 0 Å². The molecule has 21 heavy (non-hydrogen) atoms. The Morgan fingerprint density at radius 3 is 2.71 bits per heavy atom. The van der Waals surface area contributed by atoms with Crippen LogP contribution in [-0.2, 0) is 0 Å². The lowest BCUT2D eigenvalue weighted by molar-refractivity contribution is 0.252. The quantitative estimate of drug-likeness (QED) is 0.857. The fourth-order valence-corrected chi connectivity index (χ4v) is 3.38. The van der Waals surface area contributed by atoms with Gasteiger partial charge in [-0.2, -0.15) is 0 Å². The minimum absolute atomic E-state index is 0.110. The summed E-state index contributed by atoms with van der Waals surface area (Å²) in [5.41, 5.74) is 2.25. The molecule has 1 aliphatic heterocycles. The summed E-state index contributed by atoms with van der Waals surface area (Å²) in [7, 11) is 0. The predicted octanol–water partition coefficient (Wildman–Crippen LogP) is 4.50. The summed E-state index contributed by atoms with van der Waals surface area (Å²) in [6, 6.07) is 3.99. The molecule has 1 fully saturated rings. The van der Waals surface area contributed by atoms with Gasteiger partial charge in [-0.05, 0) is 59.8 Å². The second-order valence-corrected chi connectivity index (χ2v) is 7.64. The Kier molecular flexibility index (Phi) is 4.99. The standard InChI is InChI=1S/C17H26BrFN2/c1-6-17(5)10-21(16(9-20-17)11(2)3)15-8-13(18)14(19)7-12(15)4/h7-8,11,16,20H,6,9-10H2,1-5H3. The van der Waals surface area contributed by atoms with Gasteiger partial charge < -0.3 is 10.2 Å². The van der Waals surface area contributed by atoms with E-state index in [1.54, 1.807) is 6.07 Å². The van der Waals surface area contributed by atoms with E-state index in [0.29, 0.717) is 16.4 Å². The molecule has 2 nitrogen and oxygen atoms in total. The molecular weight excluding hydrogens is 331 g/mol. The zero-order valence-electron chi connectivity index (χ0n) is 13.6. The van der Waals surface area contributed by atoms with Gasteiger partial charge in [0.15, 0.2) is 0 Å². The molecular formula is C17H26BrFN2. The van der Waals surface area contributed by atoms with Crippen molar-refractivity contribution in [2.24, 2.45) is 5.92 Å². The number of rotatable bonds is 3. The molecule has 0 spiro atoms. The maximum absolute atomic E-state index is 13.7. The Morgan fingerprint density at radius 1 is 1.48 bits per heavy atom. The van der Waals surface area contributed by atoms with Crippen molar-refractivity contribution in [2.45, 2.75) is 52.6 Å². The summed E-state index contributed by atoms with van der Waals surface area (Å²) in [6.45, 7) is 12.9. The molecule has 0 radical (unpaired) electrons. The average molecular weight is 357 g/mol. The Labute approximate surface area is 136 Å². The van der Waals surface area contributed by atoms with Crippen LogP contribution in [0, 0.1) is 18.7 Å². The first-order chi connectivity index (χ1) is 9.77. The molecule has 0 aliphatic carbocycles. The van der Waals surface area contributed by atoms with Crippen LogP contribution in [0.2, 0.25) is 0 Å². The second-order valence-electron chi connectivity index (χ2n) is 6.79. The van der Waals surface area contributed by atoms with Crippen LogP contribution < -0.4 is 10.2 Å². The first kappa shape index (κ1) is 16.8. The van der Waals surface area contributed by atoms with Crippen molar-refractivity contribution in [1.29, 1.82) is 0 Å². The Morgan fingerprint density at radius 2 is 2.14 bits per heavy atom. The third-order valence-electron chi connectivity index (χ3n) is 4.76. The Hall–Kier alpha value is -0.610. The fraction of sp³-hybridized carbons (Fsp3) is 0.647. The SMILES string of the molecule is CCC1(C)CN(c2cc(Br)c(F)cc2C)C(C(C)C)CN1. The Bertz CT molecular complexity index is 518. The van der Waals surface area contributed by atoms with Gasteiger partial charge in [-0.25, -0.2) is 4.39 Å². The van der Waals surface area contributed by atoms with Crippen molar-refractivity contribution in [3.8, 4) is 0 Å². The van der Waals surface area contributed by atoms with E-state index in [0.717, 1.165) is 30.8 Å². The van der Waals surface area contributed by atoms with Crippen molar-refractivity contribution in [1.82, 2.24) is 5.32 Å². The number of piperazine rings is 1. The molecule has 2 atom stereocenters. The number of halogens is 2. The first-order valence-corrected chi connectivity index (χ1v) is 8.54. The van der Waals surface area contributed by atoms with Crippen LogP contribution in [0.25, 0.3) is 0 Å². The van der Waals surface area contributed by atoms with E-state index >= 15 is 0 Å². The highest BCUT2D eigenvalue weighted by Gasteiger charge is 2.36. The lowest BCUT2D eigenvalue weighted by atomic mass is 9.89. The molecule has 1 aromatic carbocycles. The van der Waals surface area contributed by atoms with Gasteiger partial charge in [-0.15, -0.1) is 0 Å². The summed E-state index contributed by atoms with van der Waals surface area (Å²) in [5.74, 6) is 0.355. The number of hydrogen-bond acceptors (Lipinski definition) is 2. The van der Waals surface area contributed by atoms with E-state index in [1.165, 1.54) is 0 Å². The van der Waals surface area contributed by atoms with E-state index in [-0.39, 0.29) is 11.4 Å². The summed E-state index contributed by atoms with van der Waals surface area (Å²) in [4.78, 5) is 2.46. The number of anilines is 1. The number of aryl methyl sites for hydroxylation is 1. The number of nitrogens with zero attached hydrogens (tertiary/aromatic N) is 1. The maximum Gasteiger partial charge on any atom is 0.137 e. The summed E-state index contributed by atoms with van der Waals surface area (Å²) in [6.07, 6.45) is 1.08.